The maximum atomic E-state index is 12.9. The van der Waals surface area contributed by atoms with Crippen molar-refractivity contribution in [3.8, 4) is 5.69 Å². The lowest BCUT2D eigenvalue weighted by atomic mass is 10.1. The van der Waals surface area contributed by atoms with E-state index in [2.05, 4.69) is 10.00 Å². The average Bonchev–Trinajstić information content (AvgIpc) is 3.16. The molecule has 1 saturated heterocycles. The van der Waals surface area contributed by atoms with Crippen molar-refractivity contribution in [1.82, 2.24) is 19.6 Å². The Morgan fingerprint density at radius 2 is 1.77 bits per heavy atom. The van der Waals surface area contributed by atoms with E-state index in [1.165, 1.54) is 6.07 Å². The number of rotatable bonds is 5. The lowest BCUT2D eigenvalue weighted by molar-refractivity contribution is -0.384. The van der Waals surface area contributed by atoms with Crippen molar-refractivity contribution >= 4 is 11.6 Å². The summed E-state index contributed by atoms with van der Waals surface area (Å²) in [6.45, 7) is 5.20. The number of nitrogens with zero attached hydrogens (tertiary/aromatic N) is 5. The Balaban J connectivity index is 1.38. The third-order valence-electron chi connectivity index (χ3n) is 5.29. The normalized spacial score (nSPS) is 14.6. The van der Waals surface area contributed by atoms with Crippen LogP contribution in [0.2, 0.25) is 0 Å². The molecule has 0 saturated carbocycles. The van der Waals surface area contributed by atoms with Gasteiger partial charge in [-0.2, -0.15) is 5.10 Å². The molecular formula is C22H23N5O3. The minimum Gasteiger partial charge on any atom is -0.335 e. The third kappa shape index (κ3) is 4.23. The van der Waals surface area contributed by atoms with E-state index >= 15 is 0 Å². The number of aryl methyl sites for hydroxylation is 1. The van der Waals surface area contributed by atoms with Gasteiger partial charge < -0.3 is 4.90 Å². The van der Waals surface area contributed by atoms with Crippen molar-refractivity contribution in [3.63, 3.8) is 0 Å². The molecule has 0 aliphatic carbocycles. The van der Waals surface area contributed by atoms with E-state index in [0.717, 1.165) is 16.9 Å². The van der Waals surface area contributed by atoms with E-state index in [0.29, 0.717) is 38.4 Å². The Kier molecular flexibility index (Phi) is 5.58. The average molecular weight is 405 g/mol. The standard InChI is InChI=1S/C22H23N5O3/c1-17-14-21(23-26(17)19-7-3-2-4-8-19)22(28)25-12-10-24(11-13-25)16-18-6-5-9-20(15-18)27(29)30/h2-9,14-15H,10-13,16H2,1H3. The summed E-state index contributed by atoms with van der Waals surface area (Å²) in [6, 6.07) is 18.3. The van der Waals surface area contributed by atoms with Crippen LogP contribution in [0.1, 0.15) is 21.7 Å². The highest BCUT2D eigenvalue weighted by Crippen LogP contribution is 2.17. The van der Waals surface area contributed by atoms with Crippen molar-refractivity contribution in [1.29, 1.82) is 0 Å². The molecule has 2 heterocycles. The molecule has 8 nitrogen and oxygen atoms in total. The van der Waals surface area contributed by atoms with Gasteiger partial charge in [0.1, 0.15) is 0 Å². The Morgan fingerprint density at radius 1 is 1.03 bits per heavy atom. The molecule has 154 valence electrons. The molecule has 3 aromatic rings. The van der Waals surface area contributed by atoms with Gasteiger partial charge in [0.2, 0.25) is 0 Å². The highest BCUT2D eigenvalue weighted by molar-refractivity contribution is 5.92. The molecule has 30 heavy (non-hydrogen) atoms. The van der Waals surface area contributed by atoms with Crippen molar-refractivity contribution in [2.45, 2.75) is 13.5 Å². The van der Waals surface area contributed by atoms with Crippen LogP contribution < -0.4 is 0 Å². The zero-order valence-corrected chi connectivity index (χ0v) is 16.8. The van der Waals surface area contributed by atoms with E-state index in [9.17, 15) is 14.9 Å². The van der Waals surface area contributed by atoms with Crippen LogP contribution in [0.3, 0.4) is 0 Å². The molecule has 1 amide bonds. The second-order valence-electron chi connectivity index (χ2n) is 7.41. The lowest BCUT2D eigenvalue weighted by Gasteiger charge is -2.34. The van der Waals surface area contributed by atoms with Gasteiger partial charge >= 0.3 is 0 Å². The van der Waals surface area contributed by atoms with Gasteiger partial charge in [0.25, 0.3) is 11.6 Å². The van der Waals surface area contributed by atoms with Gasteiger partial charge in [0.15, 0.2) is 5.69 Å². The first kappa shape index (κ1) is 19.8. The van der Waals surface area contributed by atoms with E-state index in [1.54, 1.807) is 16.8 Å². The molecule has 0 atom stereocenters. The van der Waals surface area contributed by atoms with Crippen LogP contribution >= 0.6 is 0 Å². The van der Waals surface area contributed by atoms with Gasteiger partial charge in [0.05, 0.1) is 10.6 Å². The monoisotopic (exact) mass is 405 g/mol. The molecule has 1 aliphatic rings. The first-order chi connectivity index (χ1) is 14.5. The molecule has 1 aromatic heterocycles. The molecule has 0 radical (unpaired) electrons. The molecule has 4 rings (SSSR count). The zero-order valence-electron chi connectivity index (χ0n) is 16.8. The van der Waals surface area contributed by atoms with Gasteiger partial charge in [-0.25, -0.2) is 4.68 Å². The van der Waals surface area contributed by atoms with Crippen LogP contribution in [0, 0.1) is 17.0 Å². The number of aromatic nitrogens is 2. The number of non-ortho nitro benzene ring substituents is 1. The first-order valence-corrected chi connectivity index (χ1v) is 9.88. The van der Waals surface area contributed by atoms with Gasteiger partial charge in [-0.3, -0.25) is 19.8 Å². The summed E-state index contributed by atoms with van der Waals surface area (Å²) in [7, 11) is 0. The molecule has 2 aromatic carbocycles. The van der Waals surface area contributed by atoms with E-state index in [4.69, 9.17) is 0 Å². The fraction of sp³-hybridized carbons (Fsp3) is 0.273. The van der Waals surface area contributed by atoms with E-state index < -0.39 is 0 Å². The van der Waals surface area contributed by atoms with Crippen molar-refractivity contribution in [2.75, 3.05) is 26.2 Å². The number of hydrogen-bond donors (Lipinski definition) is 0. The second-order valence-corrected chi connectivity index (χ2v) is 7.41. The van der Waals surface area contributed by atoms with E-state index in [-0.39, 0.29) is 16.5 Å². The highest BCUT2D eigenvalue weighted by atomic mass is 16.6. The SMILES string of the molecule is Cc1cc(C(=O)N2CCN(Cc3cccc([N+](=O)[O-])c3)CC2)nn1-c1ccccc1. The van der Waals surface area contributed by atoms with Crippen LogP contribution in [0.4, 0.5) is 5.69 Å². The molecule has 1 fully saturated rings. The van der Waals surface area contributed by atoms with Gasteiger partial charge in [-0.1, -0.05) is 30.3 Å². The van der Waals surface area contributed by atoms with Crippen molar-refractivity contribution < 1.29 is 9.72 Å². The van der Waals surface area contributed by atoms with Gasteiger partial charge in [0, 0.05) is 50.6 Å². The lowest BCUT2D eigenvalue weighted by Crippen LogP contribution is -2.48. The Morgan fingerprint density at radius 3 is 2.47 bits per heavy atom. The maximum Gasteiger partial charge on any atom is 0.274 e. The number of benzene rings is 2. The largest absolute Gasteiger partial charge is 0.335 e. The van der Waals surface area contributed by atoms with Crippen LogP contribution in [-0.2, 0) is 6.54 Å². The van der Waals surface area contributed by atoms with Gasteiger partial charge in [-0.05, 0) is 30.7 Å². The number of para-hydroxylation sites is 1. The quantitative estimate of drug-likeness (QED) is 0.481. The Bertz CT molecular complexity index is 1060. The summed E-state index contributed by atoms with van der Waals surface area (Å²) < 4.78 is 1.78. The predicted molar refractivity (Wildman–Crippen MR) is 113 cm³/mol. The predicted octanol–water partition coefficient (Wildman–Crippen LogP) is 3.05. The minimum absolute atomic E-state index is 0.0669. The number of carbonyl (C=O) groups excluding carboxylic acids is 1. The van der Waals surface area contributed by atoms with Crippen molar-refractivity contribution in [2.24, 2.45) is 0 Å². The molecule has 0 unspecified atom stereocenters. The number of nitro groups is 1. The second kappa shape index (κ2) is 8.46. The topological polar surface area (TPSA) is 84.5 Å². The number of carbonyl (C=O) groups is 1. The highest BCUT2D eigenvalue weighted by Gasteiger charge is 2.24. The molecule has 1 aliphatic heterocycles. The molecule has 0 N–H and O–H groups in total. The number of piperazine rings is 1. The summed E-state index contributed by atoms with van der Waals surface area (Å²) in [4.78, 5) is 27.5. The molecule has 0 bridgehead atoms. The summed E-state index contributed by atoms with van der Waals surface area (Å²) in [5, 5.41) is 15.5. The Hall–Kier alpha value is -3.52. The summed E-state index contributed by atoms with van der Waals surface area (Å²) in [5.41, 5.74) is 3.29. The smallest absolute Gasteiger partial charge is 0.274 e. The zero-order chi connectivity index (χ0) is 21.1. The number of amides is 1. The first-order valence-electron chi connectivity index (χ1n) is 9.88. The minimum atomic E-state index is -0.378. The van der Waals surface area contributed by atoms with Crippen LogP contribution in [-0.4, -0.2) is 56.6 Å². The number of nitro benzene ring substituents is 1. The fourth-order valence-electron chi connectivity index (χ4n) is 3.71. The summed E-state index contributed by atoms with van der Waals surface area (Å²) in [6.07, 6.45) is 0. The van der Waals surface area contributed by atoms with Crippen LogP contribution in [0.15, 0.2) is 60.7 Å². The fourth-order valence-corrected chi connectivity index (χ4v) is 3.71. The number of hydrogen-bond acceptors (Lipinski definition) is 5. The van der Waals surface area contributed by atoms with Gasteiger partial charge in [-0.15, -0.1) is 0 Å². The van der Waals surface area contributed by atoms with Crippen LogP contribution in [0.25, 0.3) is 5.69 Å². The molecule has 0 spiro atoms. The maximum absolute atomic E-state index is 12.9. The van der Waals surface area contributed by atoms with Crippen LogP contribution in [0.5, 0.6) is 0 Å². The Labute approximate surface area is 174 Å². The van der Waals surface area contributed by atoms with E-state index in [1.807, 2.05) is 54.3 Å². The molecular weight excluding hydrogens is 382 g/mol. The molecule has 8 heteroatoms. The van der Waals surface area contributed by atoms with Crippen molar-refractivity contribution in [3.05, 3.63) is 87.7 Å². The summed E-state index contributed by atoms with van der Waals surface area (Å²) >= 11 is 0. The summed E-state index contributed by atoms with van der Waals surface area (Å²) in [5.74, 6) is -0.0669. The third-order valence-corrected chi connectivity index (χ3v) is 5.29.